The van der Waals surface area contributed by atoms with Gasteiger partial charge in [0.05, 0.1) is 0 Å². The van der Waals surface area contributed by atoms with E-state index in [1.807, 2.05) is 32.0 Å². The Morgan fingerprint density at radius 1 is 1.29 bits per heavy atom. The van der Waals surface area contributed by atoms with E-state index in [1.165, 1.54) is 5.56 Å². The highest BCUT2D eigenvalue weighted by molar-refractivity contribution is 5.45. The van der Waals surface area contributed by atoms with Crippen molar-refractivity contribution >= 4 is 5.69 Å². The summed E-state index contributed by atoms with van der Waals surface area (Å²) in [6.45, 7) is 8.14. The van der Waals surface area contributed by atoms with Crippen LogP contribution in [-0.4, -0.2) is 0 Å². The molecule has 1 unspecified atom stereocenters. The maximum Gasteiger partial charge on any atom is 0.0317 e. The second-order valence-corrected chi connectivity index (χ2v) is 3.13. The molecule has 1 rings (SSSR count). The van der Waals surface area contributed by atoms with Crippen LogP contribution in [-0.2, 0) is 0 Å². The molecule has 1 atom stereocenters. The summed E-state index contributed by atoms with van der Waals surface area (Å²) in [5.74, 6) is 0. The fraction of sp³-hybridized carbons (Fsp3) is 0.500. The second kappa shape index (κ2) is 6.44. The summed E-state index contributed by atoms with van der Waals surface area (Å²) in [5, 5.41) is 0. The Morgan fingerprint density at radius 3 is 2.36 bits per heavy atom. The van der Waals surface area contributed by atoms with Crippen molar-refractivity contribution in [2.45, 2.75) is 40.2 Å². The number of nitrogens with two attached hydrogens (primary N) is 2. The molecule has 2 nitrogen and oxygen atoms in total. The molecule has 0 heterocycles. The fourth-order valence-corrected chi connectivity index (χ4v) is 1.28. The van der Waals surface area contributed by atoms with E-state index in [1.54, 1.807) is 0 Å². The molecular weight excluding hydrogens is 172 g/mol. The average Bonchev–Trinajstić information content (AvgIpc) is 2.23. The molecule has 0 bridgehead atoms. The molecule has 0 aliphatic carbocycles. The van der Waals surface area contributed by atoms with Gasteiger partial charge in [-0.2, -0.15) is 0 Å². The highest BCUT2D eigenvalue weighted by Gasteiger charge is 2.05. The Balaban J connectivity index is 0.000000791. The van der Waals surface area contributed by atoms with Gasteiger partial charge in [-0.25, -0.2) is 0 Å². The van der Waals surface area contributed by atoms with E-state index in [9.17, 15) is 0 Å². The van der Waals surface area contributed by atoms with Gasteiger partial charge in [-0.1, -0.05) is 26.8 Å². The van der Waals surface area contributed by atoms with Crippen LogP contribution in [0.3, 0.4) is 0 Å². The van der Waals surface area contributed by atoms with Gasteiger partial charge >= 0.3 is 0 Å². The zero-order valence-corrected chi connectivity index (χ0v) is 9.67. The Labute approximate surface area is 87.3 Å². The smallest absolute Gasteiger partial charge is 0.0317 e. The quantitative estimate of drug-likeness (QED) is 0.711. The minimum absolute atomic E-state index is 0.119. The molecule has 0 aliphatic rings. The molecule has 0 saturated heterocycles. The lowest BCUT2D eigenvalue weighted by atomic mass is 9.99. The number of hydrogen-bond acceptors (Lipinski definition) is 2. The van der Waals surface area contributed by atoms with Crippen molar-refractivity contribution in [2.24, 2.45) is 5.73 Å². The van der Waals surface area contributed by atoms with E-state index < -0.39 is 0 Å². The van der Waals surface area contributed by atoms with Crippen molar-refractivity contribution in [1.29, 1.82) is 0 Å². The summed E-state index contributed by atoms with van der Waals surface area (Å²) in [6, 6.07) is 6.00. The Hall–Kier alpha value is -1.02. The predicted octanol–water partition coefficient (Wildman–Crippen LogP) is 3.01. The van der Waals surface area contributed by atoms with E-state index in [-0.39, 0.29) is 6.04 Å². The summed E-state index contributed by atoms with van der Waals surface area (Å²) in [6.07, 6.45) is 0.949. The van der Waals surface area contributed by atoms with Crippen molar-refractivity contribution in [3.63, 3.8) is 0 Å². The van der Waals surface area contributed by atoms with Crippen molar-refractivity contribution in [2.75, 3.05) is 5.73 Å². The molecule has 0 radical (unpaired) electrons. The third-order valence-corrected chi connectivity index (χ3v) is 2.14. The zero-order chi connectivity index (χ0) is 11.1. The number of hydrogen-bond donors (Lipinski definition) is 2. The Kier molecular flexibility index (Phi) is 5.97. The summed E-state index contributed by atoms with van der Waals surface area (Å²) < 4.78 is 0. The molecule has 0 fully saturated rings. The summed E-state index contributed by atoms with van der Waals surface area (Å²) >= 11 is 0. The molecule has 0 aromatic heterocycles. The SMILES string of the molecule is CC.CCC(N)c1cc(N)ccc1C. The maximum atomic E-state index is 5.91. The third kappa shape index (κ3) is 3.38. The van der Waals surface area contributed by atoms with Gasteiger partial charge in [-0.05, 0) is 36.6 Å². The van der Waals surface area contributed by atoms with Gasteiger partial charge in [0.2, 0.25) is 0 Å². The van der Waals surface area contributed by atoms with Crippen LogP contribution in [0.25, 0.3) is 0 Å². The molecule has 0 saturated carbocycles. The average molecular weight is 194 g/mol. The molecule has 0 amide bonds. The zero-order valence-electron chi connectivity index (χ0n) is 9.67. The number of nitrogen functional groups attached to an aromatic ring is 1. The molecule has 14 heavy (non-hydrogen) atoms. The predicted molar refractivity (Wildman–Crippen MR) is 64.2 cm³/mol. The van der Waals surface area contributed by atoms with Crippen molar-refractivity contribution in [3.8, 4) is 0 Å². The van der Waals surface area contributed by atoms with Crippen LogP contribution in [0.15, 0.2) is 18.2 Å². The number of benzene rings is 1. The Bertz CT molecular complexity index is 269. The van der Waals surface area contributed by atoms with Crippen LogP contribution in [0, 0.1) is 6.92 Å². The van der Waals surface area contributed by atoms with Gasteiger partial charge in [-0.3, -0.25) is 0 Å². The summed E-state index contributed by atoms with van der Waals surface area (Å²) in [7, 11) is 0. The summed E-state index contributed by atoms with van der Waals surface area (Å²) in [4.78, 5) is 0. The van der Waals surface area contributed by atoms with Gasteiger partial charge in [-0.15, -0.1) is 0 Å². The first-order valence-corrected chi connectivity index (χ1v) is 5.26. The van der Waals surface area contributed by atoms with E-state index >= 15 is 0 Å². The standard InChI is InChI=1S/C10H16N2.C2H6/c1-3-10(12)9-6-8(11)5-4-7(9)2;1-2/h4-6,10H,3,11-12H2,1-2H3;1-2H3. The van der Waals surface area contributed by atoms with Crippen molar-refractivity contribution < 1.29 is 0 Å². The van der Waals surface area contributed by atoms with Crippen molar-refractivity contribution in [3.05, 3.63) is 29.3 Å². The topological polar surface area (TPSA) is 52.0 Å². The van der Waals surface area contributed by atoms with Gasteiger partial charge in [0, 0.05) is 11.7 Å². The maximum absolute atomic E-state index is 5.91. The lowest BCUT2D eigenvalue weighted by molar-refractivity contribution is 0.694. The van der Waals surface area contributed by atoms with E-state index in [2.05, 4.69) is 13.8 Å². The fourth-order valence-electron chi connectivity index (χ4n) is 1.28. The molecule has 1 aromatic carbocycles. The van der Waals surface area contributed by atoms with Gasteiger partial charge in [0.25, 0.3) is 0 Å². The lowest BCUT2D eigenvalue weighted by Gasteiger charge is -2.12. The van der Waals surface area contributed by atoms with Gasteiger partial charge in [0.15, 0.2) is 0 Å². The molecular formula is C12H22N2. The van der Waals surface area contributed by atoms with Gasteiger partial charge in [0.1, 0.15) is 0 Å². The number of anilines is 1. The van der Waals surface area contributed by atoms with E-state index in [0.717, 1.165) is 17.7 Å². The molecule has 2 heteroatoms. The molecule has 1 aromatic rings. The first-order chi connectivity index (χ1) is 6.65. The molecule has 4 N–H and O–H groups in total. The minimum atomic E-state index is 0.119. The third-order valence-electron chi connectivity index (χ3n) is 2.14. The van der Waals surface area contributed by atoms with E-state index in [4.69, 9.17) is 11.5 Å². The van der Waals surface area contributed by atoms with Crippen LogP contribution >= 0.6 is 0 Å². The number of aryl methyl sites for hydroxylation is 1. The second-order valence-electron chi connectivity index (χ2n) is 3.13. The highest BCUT2D eigenvalue weighted by atomic mass is 14.6. The Morgan fingerprint density at radius 2 is 1.86 bits per heavy atom. The van der Waals surface area contributed by atoms with Crippen molar-refractivity contribution in [1.82, 2.24) is 0 Å². The lowest BCUT2D eigenvalue weighted by Crippen LogP contribution is -2.10. The molecule has 0 aliphatic heterocycles. The highest BCUT2D eigenvalue weighted by Crippen LogP contribution is 2.20. The van der Waals surface area contributed by atoms with Crippen LogP contribution in [0.5, 0.6) is 0 Å². The molecule has 80 valence electrons. The van der Waals surface area contributed by atoms with Crippen LogP contribution in [0.2, 0.25) is 0 Å². The number of rotatable bonds is 2. The van der Waals surface area contributed by atoms with Crippen LogP contribution in [0.1, 0.15) is 44.4 Å². The molecule has 0 spiro atoms. The normalized spacial score (nSPS) is 11.5. The van der Waals surface area contributed by atoms with Crippen LogP contribution < -0.4 is 11.5 Å². The van der Waals surface area contributed by atoms with E-state index in [0.29, 0.717) is 0 Å². The monoisotopic (exact) mass is 194 g/mol. The first-order valence-electron chi connectivity index (χ1n) is 5.26. The largest absolute Gasteiger partial charge is 0.399 e. The first kappa shape index (κ1) is 13.0. The minimum Gasteiger partial charge on any atom is -0.399 e. The van der Waals surface area contributed by atoms with Gasteiger partial charge < -0.3 is 11.5 Å². The summed E-state index contributed by atoms with van der Waals surface area (Å²) in [5.41, 5.74) is 14.7. The van der Waals surface area contributed by atoms with Crippen LogP contribution in [0.4, 0.5) is 5.69 Å².